The highest BCUT2D eigenvalue weighted by Crippen LogP contribution is 2.09. The number of ether oxygens (including phenoxy) is 1. The molecule has 0 aliphatic heterocycles. The summed E-state index contributed by atoms with van der Waals surface area (Å²) in [5, 5.41) is 0. The van der Waals surface area contributed by atoms with Crippen molar-refractivity contribution in [3.05, 3.63) is 24.1 Å². The first-order valence-corrected chi connectivity index (χ1v) is 3.58. The van der Waals surface area contributed by atoms with E-state index >= 15 is 0 Å². The molecule has 0 aromatic heterocycles. The van der Waals surface area contributed by atoms with E-state index in [9.17, 15) is 0 Å². The Hall–Kier alpha value is -1.05. The largest absolute Gasteiger partial charge is 0.475 e. The molecule has 0 heterocycles. The minimum absolute atomic E-state index is 0.130. The van der Waals surface area contributed by atoms with Crippen LogP contribution in [-0.2, 0) is 4.74 Å². The second kappa shape index (κ2) is 4.72. The molecule has 0 saturated carbocycles. The van der Waals surface area contributed by atoms with Gasteiger partial charge in [0.15, 0.2) is 0 Å². The quantitative estimate of drug-likeness (QED) is 0.345. The summed E-state index contributed by atoms with van der Waals surface area (Å²) < 4.78 is 5.33. The van der Waals surface area contributed by atoms with Gasteiger partial charge >= 0.3 is 0 Å². The Bertz CT molecular complexity index is 180. The summed E-state index contributed by atoms with van der Waals surface area (Å²) in [4.78, 5) is 3.74. The summed E-state index contributed by atoms with van der Waals surface area (Å²) in [5.74, 6) is 0.565. The zero-order chi connectivity index (χ0) is 8.85. The van der Waals surface area contributed by atoms with Crippen LogP contribution in [0, 0.1) is 0 Å². The summed E-state index contributed by atoms with van der Waals surface area (Å²) in [7, 11) is 0. The van der Waals surface area contributed by atoms with E-state index in [2.05, 4.69) is 18.3 Å². The molecule has 0 aliphatic rings. The summed E-state index contributed by atoms with van der Waals surface area (Å²) in [6.45, 7) is 12.8. The third kappa shape index (κ3) is 3.61. The molecule has 0 fully saturated rings. The first-order valence-electron chi connectivity index (χ1n) is 3.58. The van der Waals surface area contributed by atoms with Gasteiger partial charge in [0.2, 0.25) is 5.88 Å². The maximum absolute atomic E-state index is 5.33. The fraction of sp³-hybridized carbons (Fsp3) is 0.444. The molecule has 0 atom stereocenters. The highest BCUT2D eigenvalue weighted by molar-refractivity contribution is 5.30. The number of allylic oxidation sites excluding steroid dienone is 2. The Morgan fingerprint density at radius 2 is 2.09 bits per heavy atom. The topological polar surface area (TPSA) is 21.6 Å². The highest BCUT2D eigenvalue weighted by atomic mass is 16.5. The fourth-order valence-corrected chi connectivity index (χ4v) is 0.565. The number of hydrogen-bond acceptors (Lipinski definition) is 2. The Morgan fingerprint density at radius 3 is 2.36 bits per heavy atom. The molecular formula is C9H15NO. The van der Waals surface area contributed by atoms with Crippen LogP contribution >= 0.6 is 0 Å². The molecule has 0 aliphatic carbocycles. The van der Waals surface area contributed by atoms with Crippen LogP contribution in [-0.4, -0.2) is 12.8 Å². The summed E-state index contributed by atoms with van der Waals surface area (Å²) in [6, 6.07) is 0. The molecule has 0 aromatic carbocycles. The third-order valence-corrected chi connectivity index (χ3v) is 1.13. The molecule has 2 heteroatoms. The van der Waals surface area contributed by atoms with Gasteiger partial charge in [-0.3, -0.25) is 0 Å². The molecule has 0 unspecified atom stereocenters. The van der Waals surface area contributed by atoms with Crippen LogP contribution < -0.4 is 0 Å². The molecule has 0 amide bonds. The van der Waals surface area contributed by atoms with Gasteiger partial charge in [-0.1, -0.05) is 12.7 Å². The molecule has 11 heavy (non-hydrogen) atoms. The van der Waals surface area contributed by atoms with Crippen LogP contribution in [0.25, 0.3) is 0 Å². The maximum atomic E-state index is 5.33. The second-order valence-electron chi connectivity index (χ2n) is 2.52. The molecule has 0 N–H and O–H groups in total. The molecule has 0 bridgehead atoms. The molecule has 0 aromatic rings. The molecule has 0 rings (SSSR count). The van der Waals surface area contributed by atoms with E-state index in [0.29, 0.717) is 5.88 Å². The Kier molecular flexibility index (Phi) is 4.27. The van der Waals surface area contributed by atoms with Crippen molar-refractivity contribution in [2.45, 2.75) is 26.9 Å². The summed E-state index contributed by atoms with van der Waals surface area (Å²) in [5.41, 5.74) is 0.911. The van der Waals surface area contributed by atoms with Gasteiger partial charge in [0, 0.05) is 5.57 Å². The minimum atomic E-state index is 0.130. The van der Waals surface area contributed by atoms with Gasteiger partial charge in [0.05, 0.1) is 6.10 Å². The molecule has 62 valence electrons. The second-order valence-corrected chi connectivity index (χ2v) is 2.52. The summed E-state index contributed by atoms with van der Waals surface area (Å²) in [6.07, 6.45) is 1.83. The lowest BCUT2D eigenvalue weighted by molar-refractivity contribution is 0.144. The minimum Gasteiger partial charge on any atom is -0.475 e. The monoisotopic (exact) mass is 153 g/mol. The highest BCUT2D eigenvalue weighted by Gasteiger charge is 2.00. The lowest BCUT2D eigenvalue weighted by atomic mass is 10.3. The van der Waals surface area contributed by atoms with E-state index in [-0.39, 0.29) is 6.10 Å². The molecule has 0 spiro atoms. The third-order valence-electron chi connectivity index (χ3n) is 1.13. The standard InChI is InChI=1S/C9H15NO/c1-6-8(4)9(10-5)11-7(2)3/h6-7H,1,5H2,2-4H3/b9-8-. The van der Waals surface area contributed by atoms with Gasteiger partial charge in [0.25, 0.3) is 0 Å². The predicted molar refractivity (Wildman–Crippen MR) is 48.7 cm³/mol. The van der Waals surface area contributed by atoms with Crippen molar-refractivity contribution < 1.29 is 4.74 Å². The van der Waals surface area contributed by atoms with Crippen LogP contribution in [0.4, 0.5) is 0 Å². The zero-order valence-corrected chi connectivity index (χ0v) is 7.42. The van der Waals surface area contributed by atoms with Crippen molar-refractivity contribution in [3.8, 4) is 0 Å². The van der Waals surface area contributed by atoms with Crippen molar-refractivity contribution >= 4 is 6.72 Å². The fourth-order valence-electron chi connectivity index (χ4n) is 0.565. The van der Waals surface area contributed by atoms with Gasteiger partial charge in [-0.05, 0) is 27.5 Å². The average molecular weight is 153 g/mol. The Balaban J connectivity index is 4.38. The predicted octanol–water partition coefficient (Wildman–Crippen LogP) is 2.53. The van der Waals surface area contributed by atoms with Crippen LogP contribution in [0.3, 0.4) is 0 Å². The number of hydrogen-bond donors (Lipinski definition) is 0. The van der Waals surface area contributed by atoms with Crippen molar-refractivity contribution in [1.82, 2.24) is 0 Å². The zero-order valence-electron chi connectivity index (χ0n) is 7.42. The van der Waals surface area contributed by atoms with E-state index in [4.69, 9.17) is 4.74 Å². The molecule has 0 saturated heterocycles. The molecule has 2 nitrogen and oxygen atoms in total. The molecular weight excluding hydrogens is 138 g/mol. The van der Waals surface area contributed by atoms with E-state index in [0.717, 1.165) is 5.57 Å². The van der Waals surface area contributed by atoms with Gasteiger partial charge in [-0.2, -0.15) is 0 Å². The number of aliphatic imine (C=N–C) groups is 1. The van der Waals surface area contributed by atoms with Crippen LogP contribution in [0.1, 0.15) is 20.8 Å². The van der Waals surface area contributed by atoms with E-state index < -0.39 is 0 Å². The first kappa shape index (κ1) is 9.95. The van der Waals surface area contributed by atoms with Gasteiger partial charge in [-0.15, -0.1) is 0 Å². The normalized spacial score (nSPS) is 12.4. The average Bonchev–Trinajstić information content (AvgIpc) is 1.98. The van der Waals surface area contributed by atoms with E-state index in [1.165, 1.54) is 0 Å². The van der Waals surface area contributed by atoms with Crippen molar-refractivity contribution in [3.63, 3.8) is 0 Å². The first-order chi connectivity index (χ1) is 5.11. The maximum Gasteiger partial charge on any atom is 0.215 e. The van der Waals surface area contributed by atoms with Crippen molar-refractivity contribution in [2.24, 2.45) is 4.99 Å². The number of rotatable bonds is 4. The number of nitrogens with zero attached hydrogens (tertiary/aromatic N) is 1. The van der Waals surface area contributed by atoms with Gasteiger partial charge in [-0.25, -0.2) is 4.99 Å². The van der Waals surface area contributed by atoms with Crippen LogP contribution in [0.2, 0.25) is 0 Å². The van der Waals surface area contributed by atoms with Crippen molar-refractivity contribution in [2.75, 3.05) is 0 Å². The SMILES string of the molecule is C=C/C(C)=C(/N=C)OC(C)C. The Morgan fingerprint density at radius 1 is 1.55 bits per heavy atom. The van der Waals surface area contributed by atoms with Crippen molar-refractivity contribution in [1.29, 1.82) is 0 Å². The van der Waals surface area contributed by atoms with Gasteiger partial charge in [0.1, 0.15) is 0 Å². The van der Waals surface area contributed by atoms with Crippen LogP contribution in [0.5, 0.6) is 0 Å². The summed E-state index contributed by atoms with van der Waals surface area (Å²) >= 11 is 0. The molecule has 0 radical (unpaired) electrons. The lowest BCUT2D eigenvalue weighted by Crippen LogP contribution is -2.01. The van der Waals surface area contributed by atoms with Gasteiger partial charge < -0.3 is 4.74 Å². The van der Waals surface area contributed by atoms with E-state index in [1.54, 1.807) is 6.08 Å². The van der Waals surface area contributed by atoms with E-state index in [1.807, 2.05) is 20.8 Å². The smallest absolute Gasteiger partial charge is 0.215 e. The Labute approximate surface area is 68.3 Å². The lowest BCUT2D eigenvalue weighted by Gasteiger charge is -2.10. The van der Waals surface area contributed by atoms with Crippen LogP contribution in [0.15, 0.2) is 29.1 Å².